The van der Waals surface area contributed by atoms with E-state index in [0.29, 0.717) is 6.61 Å². The molecule has 1 amide bonds. The molecule has 4 heteroatoms. The van der Waals surface area contributed by atoms with Crippen LogP contribution in [0, 0.1) is 0 Å². The molecule has 0 aliphatic heterocycles. The number of aromatic nitrogens is 1. The number of nitrogens with two attached hydrogens (primary N) is 1. The first-order valence-electron chi connectivity index (χ1n) is 3.93. The number of pyridine rings is 1. The van der Waals surface area contributed by atoms with Crippen LogP contribution in [0.4, 0.5) is 0 Å². The van der Waals surface area contributed by atoms with E-state index in [9.17, 15) is 4.79 Å². The van der Waals surface area contributed by atoms with Gasteiger partial charge in [-0.15, -0.1) is 0 Å². The molecule has 1 aromatic rings. The summed E-state index contributed by atoms with van der Waals surface area (Å²) in [4.78, 5) is 14.6. The summed E-state index contributed by atoms with van der Waals surface area (Å²) in [6.45, 7) is 0.483. The average molecular weight is 180 g/mol. The third-order valence-corrected chi connectivity index (χ3v) is 1.56. The van der Waals surface area contributed by atoms with Crippen LogP contribution in [0.3, 0.4) is 0 Å². The van der Waals surface area contributed by atoms with Gasteiger partial charge >= 0.3 is 0 Å². The number of carbonyl (C=O) groups excluding carboxylic acids is 1. The van der Waals surface area contributed by atoms with Gasteiger partial charge in [0.05, 0.1) is 18.7 Å². The molecule has 70 valence electrons. The number of ether oxygens (including phenoxy) is 1. The lowest BCUT2D eigenvalue weighted by molar-refractivity contribution is -0.117. The van der Waals surface area contributed by atoms with Crippen LogP contribution in [-0.2, 0) is 22.6 Å². The van der Waals surface area contributed by atoms with Crippen LogP contribution in [0.25, 0.3) is 0 Å². The highest BCUT2D eigenvalue weighted by Crippen LogP contribution is 2.01. The van der Waals surface area contributed by atoms with Crippen LogP contribution in [-0.4, -0.2) is 18.0 Å². The molecule has 2 N–H and O–H groups in total. The fourth-order valence-electron chi connectivity index (χ4n) is 0.994. The molecule has 0 unspecified atom stereocenters. The van der Waals surface area contributed by atoms with Gasteiger partial charge in [-0.1, -0.05) is 6.07 Å². The molecule has 4 nitrogen and oxygen atoms in total. The molecule has 1 heterocycles. The summed E-state index contributed by atoms with van der Waals surface area (Å²) in [6, 6.07) is 3.65. The molecule has 0 bridgehead atoms. The van der Waals surface area contributed by atoms with Crippen molar-refractivity contribution in [3.05, 3.63) is 29.6 Å². The zero-order valence-electron chi connectivity index (χ0n) is 7.49. The van der Waals surface area contributed by atoms with Gasteiger partial charge in [0.2, 0.25) is 5.91 Å². The van der Waals surface area contributed by atoms with Gasteiger partial charge in [-0.25, -0.2) is 0 Å². The van der Waals surface area contributed by atoms with Crippen molar-refractivity contribution < 1.29 is 9.53 Å². The summed E-state index contributed by atoms with van der Waals surface area (Å²) in [5, 5.41) is 0. The Balaban J connectivity index is 2.64. The maximum absolute atomic E-state index is 10.5. The molecule has 0 fully saturated rings. The van der Waals surface area contributed by atoms with Crippen molar-refractivity contribution in [3.63, 3.8) is 0 Å². The summed E-state index contributed by atoms with van der Waals surface area (Å²) in [7, 11) is 1.61. The minimum absolute atomic E-state index is 0.236. The van der Waals surface area contributed by atoms with Gasteiger partial charge in [0.25, 0.3) is 0 Å². The third-order valence-electron chi connectivity index (χ3n) is 1.56. The molecule has 0 atom stereocenters. The predicted octanol–water partition coefficient (Wildman–Crippen LogP) is 0.256. The van der Waals surface area contributed by atoms with Crippen molar-refractivity contribution in [1.29, 1.82) is 0 Å². The van der Waals surface area contributed by atoms with E-state index in [1.165, 1.54) is 0 Å². The number of hydrogen-bond donors (Lipinski definition) is 1. The summed E-state index contributed by atoms with van der Waals surface area (Å²) in [6.07, 6.45) is 1.87. The normalized spacial score (nSPS) is 9.92. The summed E-state index contributed by atoms with van der Waals surface area (Å²) < 4.78 is 4.89. The Morgan fingerprint density at radius 1 is 1.62 bits per heavy atom. The van der Waals surface area contributed by atoms with E-state index in [1.54, 1.807) is 13.3 Å². The molecule has 0 saturated heterocycles. The lowest BCUT2D eigenvalue weighted by atomic mass is 10.2. The second kappa shape index (κ2) is 4.57. The molecular formula is C9H12N2O2. The zero-order valence-corrected chi connectivity index (χ0v) is 7.49. The van der Waals surface area contributed by atoms with Gasteiger partial charge in [-0.05, 0) is 11.6 Å². The highest BCUT2D eigenvalue weighted by molar-refractivity contribution is 5.76. The Kier molecular flexibility index (Phi) is 3.40. The van der Waals surface area contributed by atoms with Crippen molar-refractivity contribution >= 4 is 5.91 Å². The maximum Gasteiger partial charge on any atom is 0.221 e. The number of hydrogen-bond acceptors (Lipinski definition) is 3. The monoisotopic (exact) mass is 180 g/mol. The minimum Gasteiger partial charge on any atom is -0.378 e. The van der Waals surface area contributed by atoms with Crippen LogP contribution < -0.4 is 5.73 Å². The van der Waals surface area contributed by atoms with E-state index in [-0.39, 0.29) is 12.3 Å². The number of carbonyl (C=O) groups is 1. The average Bonchev–Trinajstić information content (AvgIpc) is 2.08. The van der Waals surface area contributed by atoms with Crippen LogP contribution in [0.1, 0.15) is 11.3 Å². The predicted molar refractivity (Wildman–Crippen MR) is 47.8 cm³/mol. The van der Waals surface area contributed by atoms with Gasteiger partial charge < -0.3 is 10.5 Å². The Bertz CT molecular complexity index is 282. The standard InChI is InChI=1S/C9H12N2O2/c1-13-6-8-3-2-7(5-11-8)4-9(10)12/h2-3,5H,4,6H2,1H3,(H2,10,12). The minimum atomic E-state index is -0.346. The first kappa shape index (κ1) is 9.67. The van der Waals surface area contributed by atoms with Crippen molar-refractivity contribution in [2.75, 3.05) is 7.11 Å². The fraction of sp³-hybridized carbons (Fsp3) is 0.333. The van der Waals surface area contributed by atoms with Gasteiger partial charge in [-0.3, -0.25) is 9.78 Å². The number of rotatable bonds is 4. The smallest absolute Gasteiger partial charge is 0.221 e. The van der Waals surface area contributed by atoms with Crippen LogP contribution in [0.15, 0.2) is 18.3 Å². The molecule has 0 aliphatic carbocycles. The highest BCUT2D eigenvalue weighted by atomic mass is 16.5. The SMILES string of the molecule is COCc1ccc(CC(N)=O)cn1. The van der Waals surface area contributed by atoms with E-state index < -0.39 is 0 Å². The highest BCUT2D eigenvalue weighted by Gasteiger charge is 1.99. The molecular weight excluding hydrogens is 168 g/mol. The van der Waals surface area contributed by atoms with Crippen LogP contribution >= 0.6 is 0 Å². The van der Waals surface area contributed by atoms with E-state index in [4.69, 9.17) is 10.5 Å². The number of primary amides is 1. The van der Waals surface area contributed by atoms with Crippen molar-refractivity contribution in [2.45, 2.75) is 13.0 Å². The van der Waals surface area contributed by atoms with Crippen molar-refractivity contribution in [3.8, 4) is 0 Å². The van der Waals surface area contributed by atoms with Gasteiger partial charge in [-0.2, -0.15) is 0 Å². The summed E-state index contributed by atoms with van der Waals surface area (Å²) >= 11 is 0. The Hall–Kier alpha value is -1.42. The Morgan fingerprint density at radius 2 is 2.38 bits per heavy atom. The van der Waals surface area contributed by atoms with Crippen LogP contribution in [0.2, 0.25) is 0 Å². The van der Waals surface area contributed by atoms with Gasteiger partial charge in [0.1, 0.15) is 0 Å². The topological polar surface area (TPSA) is 65.2 Å². The van der Waals surface area contributed by atoms with Crippen molar-refractivity contribution in [1.82, 2.24) is 4.98 Å². The van der Waals surface area contributed by atoms with Crippen LogP contribution in [0.5, 0.6) is 0 Å². The lowest BCUT2D eigenvalue weighted by Gasteiger charge is -2.00. The first-order valence-corrected chi connectivity index (χ1v) is 3.93. The molecule has 1 rings (SSSR count). The first-order chi connectivity index (χ1) is 6.22. The number of nitrogens with zero attached hydrogens (tertiary/aromatic N) is 1. The fourth-order valence-corrected chi connectivity index (χ4v) is 0.994. The van der Waals surface area contributed by atoms with Gasteiger partial charge in [0.15, 0.2) is 0 Å². The molecule has 0 aliphatic rings. The molecule has 1 aromatic heterocycles. The second-order valence-corrected chi connectivity index (χ2v) is 2.73. The largest absolute Gasteiger partial charge is 0.378 e. The van der Waals surface area contributed by atoms with E-state index in [0.717, 1.165) is 11.3 Å². The molecule has 0 saturated carbocycles. The summed E-state index contributed by atoms with van der Waals surface area (Å²) in [5.74, 6) is -0.346. The van der Waals surface area contributed by atoms with E-state index in [2.05, 4.69) is 4.98 Å². The quantitative estimate of drug-likeness (QED) is 0.722. The lowest BCUT2D eigenvalue weighted by Crippen LogP contribution is -2.13. The number of methoxy groups -OCH3 is 1. The molecule has 0 aromatic carbocycles. The Labute approximate surface area is 76.7 Å². The zero-order chi connectivity index (χ0) is 9.68. The number of amides is 1. The van der Waals surface area contributed by atoms with E-state index in [1.807, 2.05) is 12.1 Å². The molecule has 13 heavy (non-hydrogen) atoms. The Morgan fingerprint density at radius 3 is 2.85 bits per heavy atom. The van der Waals surface area contributed by atoms with Crippen molar-refractivity contribution in [2.24, 2.45) is 5.73 Å². The maximum atomic E-state index is 10.5. The second-order valence-electron chi connectivity index (χ2n) is 2.73. The third kappa shape index (κ3) is 3.21. The molecule has 0 radical (unpaired) electrons. The molecule has 0 spiro atoms. The van der Waals surface area contributed by atoms with E-state index >= 15 is 0 Å². The van der Waals surface area contributed by atoms with Gasteiger partial charge in [0, 0.05) is 13.3 Å². The summed E-state index contributed by atoms with van der Waals surface area (Å²) in [5.41, 5.74) is 6.70.